The standard InChI is InChI=1S/C12H20N2O2/c1-4-15-8-9(2)16-12-11(10(3)13)6-5-7-14-12/h5-7,9-10H,4,8,13H2,1-3H3/t9?,10-/m0/s1. The number of hydrogen-bond acceptors (Lipinski definition) is 4. The van der Waals surface area contributed by atoms with Crippen LogP contribution in [0.1, 0.15) is 32.4 Å². The van der Waals surface area contributed by atoms with E-state index >= 15 is 0 Å². The topological polar surface area (TPSA) is 57.4 Å². The van der Waals surface area contributed by atoms with E-state index in [2.05, 4.69) is 4.98 Å². The maximum absolute atomic E-state index is 5.84. The van der Waals surface area contributed by atoms with Crippen LogP contribution in [0, 0.1) is 0 Å². The zero-order valence-corrected chi connectivity index (χ0v) is 10.1. The van der Waals surface area contributed by atoms with E-state index in [4.69, 9.17) is 15.2 Å². The van der Waals surface area contributed by atoms with Gasteiger partial charge in [-0.3, -0.25) is 0 Å². The zero-order valence-electron chi connectivity index (χ0n) is 10.1. The normalized spacial score (nSPS) is 14.5. The number of pyridine rings is 1. The molecule has 0 aliphatic carbocycles. The van der Waals surface area contributed by atoms with Crippen molar-refractivity contribution < 1.29 is 9.47 Å². The Labute approximate surface area is 96.8 Å². The summed E-state index contributed by atoms with van der Waals surface area (Å²) in [4.78, 5) is 4.19. The van der Waals surface area contributed by atoms with Crippen LogP contribution in [0.3, 0.4) is 0 Å². The monoisotopic (exact) mass is 224 g/mol. The third-order valence-corrected chi connectivity index (χ3v) is 2.16. The van der Waals surface area contributed by atoms with Crippen LogP contribution in [0.2, 0.25) is 0 Å². The SMILES string of the molecule is CCOCC(C)Oc1ncccc1[C@H](C)N. The molecule has 0 saturated carbocycles. The van der Waals surface area contributed by atoms with Crippen molar-refractivity contribution >= 4 is 0 Å². The molecule has 0 fully saturated rings. The van der Waals surface area contributed by atoms with E-state index in [0.717, 1.165) is 5.56 Å². The lowest BCUT2D eigenvalue weighted by molar-refractivity contribution is 0.0626. The molecule has 16 heavy (non-hydrogen) atoms. The molecule has 1 rings (SSSR count). The van der Waals surface area contributed by atoms with Gasteiger partial charge in [-0.1, -0.05) is 6.07 Å². The summed E-state index contributed by atoms with van der Waals surface area (Å²) in [6.45, 7) is 7.08. The third kappa shape index (κ3) is 3.79. The quantitative estimate of drug-likeness (QED) is 0.802. The average molecular weight is 224 g/mol. The van der Waals surface area contributed by atoms with Crippen molar-refractivity contribution in [2.45, 2.75) is 32.9 Å². The second-order valence-corrected chi connectivity index (χ2v) is 3.77. The molecule has 2 atom stereocenters. The van der Waals surface area contributed by atoms with Gasteiger partial charge in [-0.2, -0.15) is 0 Å². The van der Waals surface area contributed by atoms with Crippen LogP contribution in [-0.4, -0.2) is 24.3 Å². The van der Waals surface area contributed by atoms with Gasteiger partial charge in [-0.15, -0.1) is 0 Å². The summed E-state index contributed by atoms with van der Waals surface area (Å²) in [5.41, 5.74) is 6.76. The Bertz CT molecular complexity index is 316. The molecule has 90 valence electrons. The van der Waals surface area contributed by atoms with Gasteiger partial charge in [0.1, 0.15) is 6.10 Å². The molecule has 1 aromatic heterocycles. The minimum absolute atomic E-state index is 0.0210. The van der Waals surface area contributed by atoms with E-state index in [1.165, 1.54) is 0 Å². The average Bonchev–Trinajstić information content (AvgIpc) is 2.27. The van der Waals surface area contributed by atoms with Crippen molar-refractivity contribution in [3.8, 4) is 5.88 Å². The van der Waals surface area contributed by atoms with E-state index in [1.54, 1.807) is 6.20 Å². The fourth-order valence-electron chi connectivity index (χ4n) is 1.36. The number of nitrogens with zero attached hydrogens (tertiary/aromatic N) is 1. The summed E-state index contributed by atoms with van der Waals surface area (Å²) in [6.07, 6.45) is 1.68. The highest BCUT2D eigenvalue weighted by Crippen LogP contribution is 2.21. The van der Waals surface area contributed by atoms with Crippen LogP contribution in [0.15, 0.2) is 18.3 Å². The van der Waals surface area contributed by atoms with E-state index in [0.29, 0.717) is 19.1 Å². The Balaban J connectivity index is 2.65. The van der Waals surface area contributed by atoms with Gasteiger partial charge in [0.25, 0.3) is 0 Å². The van der Waals surface area contributed by atoms with Crippen LogP contribution in [0.5, 0.6) is 5.88 Å². The minimum atomic E-state index is -0.0806. The summed E-state index contributed by atoms with van der Waals surface area (Å²) in [6, 6.07) is 3.71. The second-order valence-electron chi connectivity index (χ2n) is 3.77. The van der Waals surface area contributed by atoms with E-state index in [-0.39, 0.29) is 12.1 Å². The van der Waals surface area contributed by atoms with E-state index in [9.17, 15) is 0 Å². The van der Waals surface area contributed by atoms with Gasteiger partial charge in [0, 0.05) is 24.4 Å². The maximum Gasteiger partial charge on any atom is 0.218 e. The molecule has 0 aliphatic heterocycles. The lowest BCUT2D eigenvalue weighted by Gasteiger charge is -2.17. The van der Waals surface area contributed by atoms with Gasteiger partial charge in [0.05, 0.1) is 6.61 Å². The number of hydrogen-bond donors (Lipinski definition) is 1. The molecule has 1 heterocycles. The molecule has 0 spiro atoms. The van der Waals surface area contributed by atoms with Crippen LogP contribution < -0.4 is 10.5 Å². The Morgan fingerprint density at radius 1 is 1.44 bits per heavy atom. The van der Waals surface area contributed by atoms with Crippen LogP contribution in [0.25, 0.3) is 0 Å². The predicted octanol–water partition coefficient (Wildman–Crippen LogP) is 1.91. The molecule has 0 amide bonds. The second kappa shape index (κ2) is 6.45. The first kappa shape index (κ1) is 12.9. The lowest BCUT2D eigenvalue weighted by atomic mass is 10.1. The minimum Gasteiger partial charge on any atom is -0.472 e. The molecule has 0 aromatic carbocycles. The number of ether oxygens (including phenoxy) is 2. The highest BCUT2D eigenvalue weighted by molar-refractivity contribution is 5.28. The van der Waals surface area contributed by atoms with Crippen molar-refractivity contribution in [3.63, 3.8) is 0 Å². The number of nitrogens with two attached hydrogens (primary N) is 1. The molecule has 1 aromatic rings. The highest BCUT2D eigenvalue weighted by atomic mass is 16.5. The van der Waals surface area contributed by atoms with E-state index < -0.39 is 0 Å². The van der Waals surface area contributed by atoms with Crippen LogP contribution in [-0.2, 0) is 4.74 Å². The molecular weight excluding hydrogens is 204 g/mol. The van der Waals surface area contributed by atoms with Crippen LogP contribution >= 0.6 is 0 Å². The summed E-state index contributed by atoms with van der Waals surface area (Å²) < 4.78 is 11.0. The van der Waals surface area contributed by atoms with Crippen molar-refractivity contribution in [2.24, 2.45) is 5.73 Å². The zero-order chi connectivity index (χ0) is 12.0. The Kier molecular flexibility index (Phi) is 5.22. The van der Waals surface area contributed by atoms with Crippen molar-refractivity contribution in [1.29, 1.82) is 0 Å². The summed E-state index contributed by atoms with van der Waals surface area (Å²) in [7, 11) is 0. The first-order valence-corrected chi connectivity index (χ1v) is 5.60. The molecular formula is C12H20N2O2. The fourth-order valence-corrected chi connectivity index (χ4v) is 1.36. The van der Waals surface area contributed by atoms with Crippen molar-refractivity contribution in [3.05, 3.63) is 23.9 Å². The Morgan fingerprint density at radius 3 is 2.81 bits per heavy atom. The number of aromatic nitrogens is 1. The first-order chi connectivity index (χ1) is 7.65. The summed E-state index contributed by atoms with van der Waals surface area (Å²) in [5, 5.41) is 0. The molecule has 4 heteroatoms. The van der Waals surface area contributed by atoms with Gasteiger partial charge in [-0.05, 0) is 26.8 Å². The number of rotatable bonds is 6. The van der Waals surface area contributed by atoms with Crippen molar-refractivity contribution in [2.75, 3.05) is 13.2 Å². The summed E-state index contributed by atoms with van der Waals surface area (Å²) in [5.74, 6) is 0.602. The molecule has 0 saturated heterocycles. The Hall–Kier alpha value is -1.13. The van der Waals surface area contributed by atoms with E-state index in [1.807, 2.05) is 32.9 Å². The van der Waals surface area contributed by atoms with Gasteiger partial charge in [0.15, 0.2) is 0 Å². The van der Waals surface area contributed by atoms with Gasteiger partial charge in [0.2, 0.25) is 5.88 Å². The van der Waals surface area contributed by atoms with Gasteiger partial charge < -0.3 is 15.2 Å². The fraction of sp³-hybridized carbons (Fsp3) is 0.583. The molecule has 0 aliphatic rings. The Morgan fingerprint density at radius 2 is 2.19 bits per heavy atom. The first-order valence-electron chi connectivity index (χ1n) is 5.60. The molecule has 0 bridgehead atoms. The summed E-state index contributed by atoms with van der Waals surface area (Å²) >= 11 is 0. The molecule has 1 unspecified atom stereocenters. The third-order valence-electron chi connectivity index (χ3n) is 2.16. The highest BCUT2D eigenvalue weighted by Gasteiger charge is 2.11. The largest absolute Gasteiger partial charge is 0.472 e. The van der Waals surface area contributed by atoms with Crippen LogP contribution in [0.4, 0.5) is 0 Å². The lowest BCUT2D eigenvalue weighted by Crippen LogP contribution is -2.21. The molecule has 4 nitrogen and oxygen atoms in total. The molecule has 2 N–H and O–H groups in total. The van der Waals surface area contributed by atoms with Crippen molar-refractivity contribution in [1.82, 2.24) is 4.98 Å². The maximum atomic E-state index is 5.84. The van der Waals surface area contributed by atoms with Gasteiger partial charge >= 0.3 is 0 Å². The predicted molar refractivity (Wildman–Crippen MR) is 63.4 cm³/mol. The smallest absolute Gasteiger partial charge is 0.218 e. The molecule has 0 radical (unpaired) electrons. The van der Waals surface area contributed by atoms with Gasteiger partial charge in [-0.25, -0.2) is 4.98 Å².